The summed E-state index contributed by atoms with van der Waals surface area (Å²) in [5, 5.41) is 21.9. The van der Waals surface area contributed by atoms with E-state index in [1.165, 1.54) is 36.9 Å². The number of carboxylic acid groups (broad SMARTS) is 1. The van der Waals surface area contributed by atoms with Crippen LogP contribution in [0.4, 0.5) is 0 Å². The van der Waals surface area contributed by atoms with Crippen molar-refractivity contribution >= 4 is 18.0 Å². The molecule has 0 aliphatic heterocycles. The summed E-state index contributed by atoms with van der Waals surface area (Å²) in [4.78, 5) is 27.6. The summed E-state index contributed by atoms with van der Waals surface area (Å²) in [6.07, 6.45) is 14.5. The summed E-state index contributed by atoms with van der Waals surface area (Å²) in [5.41, 5.74) is 2.87. The standard InChI is InChI=1S/C22H31N3O4/c26-19(25-29)11-10-18-9-8-16(14-23-18)15-24-20(21(27)28)22(12-4-1-5-13-22)17-6-2-3-7-17/h8-11,14,17,20,24,29H,1-7,12-13,15H2,(H,25,26)(H,27,28)/t20-/m1/s1. The van der Waals surface area contributed by atoms with Gasteiger partial charge in [-0.25, -0.2) is 5.48 Å². The first-order valence-corrected chi connectivity index (χ1v) is 10.6. The van der Waals surface area contributed by atoms with E-state index in [1.807, 2.05) is 6.07 Å². The number of carbonyl (C=O) groups is 2. The van der Waals surface area contributed by atoms with E-state index in [-0.39, 0.29) is 5.41 Å². The Bertz CT molecular complexity index is 720. The molecule has 1 aromatic rings. The topological polar surface area (TPSA) is 112 Å². The van der Waals surface area contributed by atoms with E-state index in [4.69, 9.17) is 5.21 Å². The minimum atomic E-state index is -0.749. The number of aromatic nitrogens is 1. The van der Waals surface area contributed by atoms with Gasteiger partial charge in [-0.1, -0.05) is 38.2 Å². The van der Waals surface area contributed by atoms with Crippen LogP contribution >= 0.6 is 0 Å². The fourth-order valence-corrected chi connectivity index (χ4v) is 5.24. The van der Waals surface area contributed by atoms with Crippen molar-refractivity contribution in [2.75, 3.05) is 0 Å². The van der Waals surface area contributed by atoms with Crippen LogP contribution in [0.25, 0.3) is 6.08 Å². The molecular formula is C22H31N3O4. The predicted octanol–water partition coefficient (Wildman–Crippen LogP) is 3.28. The number of hydrogen-bond acceptors (Lipinski definition) is 5. The van der Waals surface area contributed by atoms with Crippen LogP contribution in [0.1, 0.15) is 69.0 Å². The van der Waals surface area contributed by atoms with Gasteiger partial charge in [0.05, 0.1) is 5.69 Å². The number of pyridine rings is 1. The maximum Gasteiger partial charge on any atom is 0.321 e. The molecule has 2 aliphatic rings. The SMILES string of the molecule is O=C(C=Cc1ccc(CN[C@H](C(=O)O)C2(C3CCCC3)CCCCC2)cn1)NO. The maximum absolute atomic E-state index is 12.3. The number of nitrogens with zero attached hydrogens (tertiary/aromatic N) is 1. The number of hydroxylamine groups is 1. The Morgan fingerprint density at radius 1 is 1.17 bits per heavy atom. The molecule has 3 rings (SSSR count). The number of rotatable bonds is 8. The Morgan fingerprint density at radius 2 is 1.90 bits per heavy atom. The lowest BCUT2D eigenvalue weighted by Gasteiger charge is -2.46. The molecule has 0 bridgehead atoms. The van der Waals surface area contributed by atoms with Crippen LogP contribution in [0.2, 0.25) is 0 Å². The first kappa shape index (κ1) is 21.5. The Labute approximate surface area is 171 Å². The second-order valence-electron chi connectivity index (χ2n) is 8.33. The highest BCUT2D eigenvalue weighted by atomic mass is 16.5. The minimum absolute atomic E-state index is 0.144. The summed E-state index contributed by atoms with van der Waals surface area (Å²) in [5.74, 6) is -0.868. The molecule has 0 aromatic carbocycles. The molecule has 0 radical (unpaired) electrons. The molecule has 0 unspecified atom stereocenters. The number of carbonyl (C=O) groups excluding carboxylic acids is 1. The molecule has 2 fully saturated rings. The summed E-state index contributed by atoms with van der Waals surface area (Å²) < 4.78 is 0. The number of carboxylic acids is 1. The van der Waals surface area contributed by atoms with Gasteiger partial charge in [0, 0.05) is 18.8 Å². The largest absolute Gasteiger partial charge is 0.480 e. The summed E-state index contributed by atoms with van der Waals surface area (Å²) in [7, 11) is 0. The third kappa shape index (κ3) is 5.22. The lowest BCUT2D eigenvalue weighted by molar-refractivity contribution is -0.146. The van der Waals surface area contributed by atoms with Gasteiger partial charge in [-0.05, 0) is 54.7 Å². The predicted molar refractivity (Wildman–Crippen MR) is 109 cm³/mol. The van der Waals surface area contributed by atoms with Crippen molar-refractivity contribution in [3.8, 4) is 0 Å². The Kier molecular flexibility index (Phi) is 7.39. The molecule has 29 heavy (non-hydrogen) atoms. The van der Waals surface area contributed by atoms with E-state index >= 15 is 0 Å². The minimum Gasteiger partial charge on any atom is -0.480 e. The van der Waals surface area contributed by atoms with Gasteiger partial charge < -0.3 is 5.11 Å². The molecule has 4 N–H and O–H groups in total. The zero-order valence-corrected chi connectivity index (χ0v) is 16.8. The highest BCUT2D eigenvalue weighted by Crippen LogP contribution is 2.51. The highest BCUT2D eigenvalue weighted by molar-refractivity contribution is 5.90. The number of aliphatic carboxylic acids is 1. The van der Waals surface area contributed by atoms with Crippen LogP contribution in [0, 0.1) is 11.3 Å². The van der Waals surface area contributed by atoms with Crippen molar-refractivity contribution in [3.63, 3.8) is 0 Å². The van der Waals surface area contributed by atoms with Crippen LogP contribution < -0.4 is 10.8 Å². The molecule has 7 nitrogen and oxygen atoms in total. The zero-order chi connectivity index (χ0) is 20.7. The fourth-order valence-electron chi connectivity index (χ4n) is 5.24. The summed E-state index contributed by atoms with van der Waals surface area (Å²) in [6, 6.07) is 3.10. The molecule has 0 spiro atoms. The van der Waals surface area contributed by atoms with Crippen molar-refractivity contribution < 1.29 is 19.9 Å². The maximum atomic E-state index is 12.3. The second-order valence-corrected chi connectivity index (χ2v) is 8.33. The molecule has 1 amide bonds. The van der Waals surface area contributed by atoms with Gasteiger partial charge in [-0.2, -0.15) is 0 Å². The van der Waals surface area contributed by atoms with Crippen molar-refractivity contribution in [3.05, 3.63) is 35.7 Å². The van der Waals surface area contributed by atoms with Gasteiger partial charge in [0.2, 0.25) is 0 Å². The van der Waals surface area contributed by atoms with E-state index < -0.39 is 17.9 Å². The first-order valence-electron chi connectivity index (χ1n) is 10.6. The average Bonchev–Trinajstić information content (AvgIpc) is 3.29. The molecule has 158 valence electrons. The van der Waals surface area contributed by atoms with Gasteiger partial charge in [0.25, 0.3) is 5.91 Å². The van der Waals surface area contributed by atoms with Crippen LogP contribution in [-0.2, 0) is 16.1 Å². The van der Waals surface area contributed by atoms with Crippen LogP contribution in [0.5, 0.6) is 0 Å². The second kappa shape index (κ2) is 9.98. The van der Waals surface area contributed by atoms with Crippen LogP contribution in [-0.4, -0.2) is 33.2 Å². The number of amides is 1. The molecule has 2 aliphatic carbocycles. The van der Waals surface area contributed by atoms with Gasteiger partial charge >= 0.3 is 5.97 Å². The number of hydrogen-bond donors (Lipinski definition) is 4. The molecule has 1 aromatic heterocycles. The quantitative estimate of drug-likeness (QED) is 0.302. The van der Waals surface area contributed by atoms with E-state index in [2.05, 4.69) is 10.3 Å². The van der Waals surface area contributed by atoms with E-state index in [1.54, 1.807) is 12.3 Å². The van der Waals surface area contributed by atoms with Crippen molar-refractivity contribution in [1.82, 2.24) is 15.8 Å². The van der Waals surface area contributed by atoms with Crippen molar-refractivity contribution in [1.29, 1.82) is 0 Å². The molecular weight excluding hydrogens is 370 g/mol. The smallest absolute Gasteiger partial charge is 0.321 e. The molecule has 0 saturated heterocycles. The molecule has 1 atom stereocenters. The normalized spacial score (nSPS) is 20.6. The number of nitrogens with one attached hydrogen (secondary N) is 2. The molecule has 7 heteroatoms. The van der Waals surface area contributed by atoms with Crippen molar-refractivity contribution in [2.45, 2.75) is 70.4 Å². The van der Waals surface area contributed by atoms with Crippen molar-refractivity contribution in [2.24, 2.45) is 11.3 Å². The average molecular weight is 402 g/mol. The van der Waals surface area contributed by atoms with Gasteiger partial charge in [0.15, 0.2) is 0 Å². The van der Waals surface area contributed by atoms with Gasteiger partial charge in [0.1, 0.15) is 6.04 Å². The molecule has 2 saturated carbocycles. The van der Waals surface area contributed by atoms with E-state index in [0.717, 1.165) is 44.1 Å². The highest BCUT2D eigenvalue weighted by Gasteiger charge is 2.49. The monoisotopic (exact) mass is 401 g/mol. The van der Waals surface area contributed by atoms with E-state index in [0.29, 0.717) is 18.2 Å². The van der Waals surface area contributed by atoms with Crippen LogP contribution in [0.15, 0.2) is 24.4 Å². The zero-order valence-electron chi connectivity index (χ0n) is 16.8. The lowest BCUT2D eigenvalue weighted by atomic mass is 9.61. The van der Waals surface area contributed by atoms with Crippen LogP contribution in [0.3, 0.4) is 0 Å². The fraction of sp³-hybridized carbons (Fsp3) is 0.591. The third-order valence-corrected chi connectivity index (χ3v) is 6.65. The lowest BCUT2D eigenvalue weighted by Crippen LogP contribution is -2.54. The summed E-state index contributed by atoms with van der Waals surface area (Å²) >= 11 is 0. The Balaban J connectivity index is 1.69. The Morgan fingerprint density at radius 3 is 2.48 bits per heavy atom. The van der Waals surface area contributed by atoms with Gasteiger partial charge in [-0.15, -0.1) is 0 Å². The molecule has 1 heterocycles. The third-order valence-electron chi connectivity index (χ3n) is 6.65. The Hall–Kier alpha value is -2.25. The van der Waals surface area contributed by atoms with Gasteiger partial charge in [-0.3, -0.25) is 25.1 Å². The first-order chi connectivity index (χ1) is 14.0. The summed E-state index contributed by atoms with van der Waals surface area (Å²) in [6.45, 7) is 0.444. The van der Waals surface area contributed by atoms with E-state index in [9.17, 15) is 14.7 Å².